The molecule has 0 aliphatic rings. The third-order valence-corrected chi connectivity index (χ3v) is 15.1. The highest BCUT2D eigenvalue weighted by atomic mass is 16.4. The molecule has 0 fully saturated rings. The summed E-state index contributed by atoms with van der Waals surface area (Å²) >= 11 is 0. The molecule has 498 valence electrons. The standard InChI is InChI=1S/C61H84N16O15/c1-7-32(6)52(61(91)92)77-54(84)41(16-17-51(81)82)71-56(86)43(20-33-25-66-39-14-10-8-12-36(33)39)73-57(87)44(21-34-26-67-40-15-11-9-13-37(34)40)74-58(88)45(22-35-27-65-29-69-35)75-60(90)47(24-49(64)79)76-55(85)42(19-31(4)5)72-59(89)46(23-48(63)78)70-50(80)28-68-53(83)38(62)18-30(2)3/h8-15,25-27,29-32,38,41-47,52,66-67H,7,16-24,28,62H2,1-6H3,(H2,63,78)(H2,64,79)(H,65,69)(H,68,83)(H,70,80)(H,71,86)(H,72,89)(H,73,87)(H,74,88)(H,75,90)(H,76,85)(H,77,84)(H,81,82)(H,91,92)/t32-,38-,41-,42-,43-,44-,45-,46-,47-,52-/m0/s1. The van der Waals surface area contributed by atoms with Crippen LogP contribution in [-0.4, -0.2) is 168 Å². The molecule has 5 aromatic rings. The highest BCUT2D eigenvalue weighted by Crippen LogP contribution is 2.22. The van der Waals surface area contributed by atoms with Gasteiger partial charge in [0.1, 0.15) is 48.3 Å². The van der Waals surface area contributed by atoms with Crippen molar-refractivity contribution in [3.63, 3.8) is 0 Å². The maximum atomic E-state index is 15.2. The lowest BCUT2D eigenvalue weighted by atomic mass is 9.98. The monoisotopic (exact) mass is 1280 g/mol. The minimum Gasteiger partial charge on any atom is -0.481 e. The number of amides is 11. The van der Waals surface area contributed by atoms with Gasteiger partial charge >= 0.3 is 11.9 Å². The Kier molecular flexibility index (Phi) is 27.3. The van der Waals surface area contributed by atoms with Crippen LogP contribution in [0, 0.1) is 17.8 Å². The summed E-state index contributed by atoms with van der Waals surface area (Å²) in [4.78, 5) is 189. The number of rotatable bonds is 38. The number of nitrogens with two attached hydrogens (primary N) is 3. The summed E-state index contributed by atoms with van der Waals surface area (Å²) in [5.41, 5.74) is 19.5. The highest BCUT2D eigenvalue weighted by molar-refractivity contribution is 6.00. The van der Waals surface area contributed by atoms with E-state index in [4.69, 9.17) is 17.2 Å². The maximum absolute atomic E-state index is 15.2. The van der Waals surface area contributed by atoms with Crippen molar-refractivity contribution in [3.8, 4) is 0 Å². The molecular weight excluding hydrogens is 1200 g/mol. The first-order chi connectivity index (χ1) is 43.5. The molecular formula is C61H84N16O15. The summed E-state index contributed by atoms with van der Waals surface area (Å²) in [6, 6.07) is 0.134. The Balaban J connectivity index is 1.47. The van der Waals surface area contributed by atoms with Gasteiger partial charge in [0.25, 0.3) is 0 Å². The van der Waals surface area contributed by atoms with Crippen molar-refractivity contribution in [2.24, 2.45) is 35.0 Å². The number of H-pyrrole nitrogens is 3. The summed E-state index contributed by atoms with van der Waals surface area (Å²) in [5.74, 6) is -14.5. The van der Waals surface area contributed by atoms with Crippen LogP contribution in [0.3, 0.4) is 0 Å². The van der Waals surface area contributed by atoms with Crippen molar-refractivity contribution in [1.29, 1.82) is 0 Å². The number of carbonyl (C=O) groups is 13. The lowest BCUT2D eigenvalue weighted by molar-refractivity contribution is -0.144. The lowest BCUT2D eigenvalue weighted by Crippen LogP contribution is -2.61. The number of fused-ring (bicyclic) bond motifs is 2. The molecule has 0 spiro atoms. The molecule has 20 N–H and O–H groups in total. The minimum absolute atomic E-state index is 0.0602. The quantitative estimate of drug-likeness (QED) is 0.0215. The van der Waals surface area contributed by atoms with E-state index in [1.165, 1.54) is 12.5 Å². The number of hydrogen-bond acceptors (Lipinski definition) is 15. The average molecular weight is 1280 g/mol. The number of primary amides is 2. The number of aliphatic carboxylic acids is 2. The number of aromatic amines is 3. The smallest absolute Gasteiger partial charge is 0.326 e. The van der Waals surface area contributed by atoms with E-state index in [1.54, 1.807) is 88.6 Å². The Bertz CT molecular complexity index is 3440. The largest absolute Gasteiger partial charge is 0.481 e. The Morgan fingerprint density at radius 3 is 1.41 bits per heavy atom. The second-order valence-electron chi connectivity index (χ2n) is 23.5. The summed E-state index contributed by atoms with van der Waals surface area (Å²) < 4.78 is 0. The zero-order valence-corrected chi connectivity index (χ0v) is 52.0. The topological polar surface area (TPSA) is 509 Å². The number of carboxylic acids is 2. The Labute approximate surface area is 529 Å². The van der Waals surface area contributed by atoms with E-state index in [9.17, 15) is 67.7 Å². The molecule has 0 aliphatic carbocycles. The van der Waals surface area contributed by atoms with Crippen molar-refractivity contribution in [3.05, 3.63) is 90.3 Å². The molecule has 3 aromatic heterocycles. The van der Waals surface area contributed by atoms with Crippen LogP contribution >= 0.6 is 0 Å². The van der Waals surface area contributed by atoms with Gasteiger partial charge in [-0.05, 0) is 60.3 Å². The Morgan fingerprint density at radius 1 is 0.522 bits per heavy atom. The molecule has 0 saturated heterocycles. The van der Waals surface area contributed by atoms with Crippen LogP contribution in [0.2, 0.25) is 0 Å². The van der Waals surface area contributed by atoms with Crippen molar-refractivity contribution in [2.45, 2.75) is 160 Å². The number of nitrogens with zero attached hydrogens (tertiary/aromatic N) is 1. The van der Waals surface area contributed by atoms with E-state index in [1.807, 2.05) is 13.8 Å². The predicted molar refractivity (Wildman–Crippen MR) is 333 cm³/mol. The molecule has 0 aliphatic heterocycles. The first-order valence-electron chi connectivity index (χ1n) is 30.1. The van der Waals surface area contributed by atoms with Gasteiger partial charge in [-0.25, -0.2) is 9.78 Å². The molecule has 0 radical (unpaired) electrons. The molecule has 0 saturated carbocycles. The second kappa shape index (κ2) is 34.7. The number of aromatic nitrogens is 4. The van der Waals surface area contributed by atoms with Gasteiger partial charge in [-0.15, -0.1) is 0 Å². The van der Waals surface area contributed by atoms with Crippen LogP contribution in [0.5, 0.6) is 0 Å². The zero-order valence-electron chi connectivity index (χ0n) is 52.0. The van der Waals surface area contributed by atoms with Crippen molar-refractivity contribution >= 4 is 98.7 Å². The third-order valence-electron chi connectivity index (χ3n) is 15.1. The predicted octanol–water partition coefficient (Wildman–Crippen LogP) is -1.44. The van der Waals surface area contributed by atoms with E-state index in [-0.39, 0.29) is 43.2 Å². The average Bonchev–Trinajstić information content (AvgIpc) is 1.72. The number of imidazole rings is 1. The van der Waals surface area contributed by atoms with Crippen LogP contribution in [0.15, 0.2) is 73.4 Å². The molecule has 0 unspecified atom stereocenters. The summed E-state index contributed by atoms with van der Waals surface area (Å²) in [7, 11) is 0. The number of carboxylic acid groups (broad SMARTS) is 2. The first-order valence-corrected chi connectivity index (χ1v) is 30.1. The maximum Gasteiger partial charge on any atom is 0.326 e. The van der Waals surface area contributed by atoms with Crippen molar-refractivity contribution in [1.82, 2.24) is 67.8 Å². The van der Waals surface area contributed by atoms with Gasteiger partial charge in [-0.1, -0.05) is 84.4 Å². The van der Waals surface area contributed by atoms with E-state index in [0.29, 0.717) is 45.8 Å². The SMILES string of the molecule is CC[C@H](C)[C@H](NC(=O)[C@H](CCC(=O)O)NC(=O)[C@H](Cc1c[nH]c2ccccc12)NC(=O)[C@H](Cc1c[nH]c2ccccc12)NC(=O)[C@H](Cc1cnc[nH]1)NC(=O)[C@H](CC(N)=O)NC(=O)[C@H](CC(C)C)NC(=O)[C@H](CC(N)=O)NC(=O)CNC(=O)[C@@H](N)CC(C)C)C(=O)O. The number of para-hydroxylation sites is 2. The number of carbonyl (C=O) groups excluding carboxylic acids is 11. The third kappa shape index (κ3) is 22.4. The molecule has 10 atom stereocenters. The van der Waals surface area contributed by atoms with Crippen LogP contribution in [0.25, 0.3) is 21.8 Å². The van der Waals surface area contributed by atoms with Crippen LogP contribution < -0.4 is 65.1 Å². The van der Waals surface area contributed by atoms with Crippen LogP contribution in [0.1, 0.15) is 103 Å². The van der Waals surface area contributed by atoms with Gasteiger partial charge < -0.3 is 90.2 Å². The van der Waals surface area contributed by atoms with Gasteiger partial charge in [0.15, 0.2) is 0 Å². The van der Waals surface area contributed by atoms with Crippen LogP contribution in [-0.2, 0) is 81.6 Å². The fourth-order valence-electron chi connectivity index (χ4n) is 10.1. The lowest BCUT2D eigenvalue weighted by Gasteiger charge is -2.28. The highest BCUT2D eigenvalue weighted by Gasteiger charge is 2.37. The molecule has 31 heteroatoms. The molecule has 92 heavy (non-hydrogen) atoms. The van der Waals surface area contributed by atoms with Gasteiger partial charge in [0.05, 0.1) is 31.8 Å². The van der Waals surface area contributed by atoms with Crippen molar-refractivity contribution < 1.29 is 72.5 Å². The second-order valence-corrected chi connectivity index (χ2v) is 23.5. The molecule has 11 amide bonds. The van der Waals surface area contributed by atoms with Gasteiger partial charge in [0.2, 0.25) is 65.0 Å². The zero-order chi connectivity index (χ0) is 67.9. The van der Waals surface area contributed by atoms with Gasteiger partial charge in [-0.2, -0.15) is 0 Å². The van der Waals surface area contributed by atoms with E-state index in [2.05, 4.69) is 67.8 Å². The van der Waals surface area contributed by atoms with Crippen LogP contribution in [0.4, 0.5) is 0 Å². The Hall–Kier alpha value is -10.2. The first kappa shape index (κ1) is 72.5. The fourth-order valence-corrected chi connectivity index (χ4v) is 10.1. The normalized spacial score (nSPS) is 14.6. The summed E-state index contributed by atoms with van der Waals surface area (Å²) in [6.45, 7) is 9.72. The molecule has 3 heterocycles. The molecule has 5 rings (SSSR count). The Morgan fingerprint density at radius 2 is 0.957 bits per heavy atom. The number of hydrogen-bond donors (Lipinski definition) is 17. The minimum atomic E-state index is -1.85. The fraction of sp³-hybridized carbons (Fsp3) is 0.475. The van der Waals surface area contributed by atoms with Gasteiger partial charge in [0, 0.05) is 71.8 Å². The van der Waals surface area contributed by atoms with Gasteiger partial charge in [-0.3, -0.25) is 57.5 Å². The van der Waals surface area contributed by atoms with E-state index >= 15 is 4.79 Å². The number of nitrogens with one attached hydrogen (secondary N) is 12. The van der Waals surface area contributed by atoms with Crippen molar-refractivity contribution in [2.75, 3.05) is 6.54 Å². The number of benzene rings is 2. The van der Waals surface area contributed by atoms with E-state index in [0.717, 1.165) is 0 Å². The summed E-state index contributed by atoms with van der Waals surface area (Å²) in [6.07, 6.45) is 2.69. The van der Waals surface area contributed by atoms with E-state index < -0.39 is 169 Å². The molecule has 2 aromatic carbocycles. The summed E-state index contributed by atoms with van der Waals surface area (Å²) in [5, 5.41) is 43.4. The molecule has 0 bridgehead atoms. The molecule has 31 nitrogen and oxygen atoms in total.